The van der Waals surface area contributed by atoms with E-state index in [1.807, 2.05) is 267 Å². The van der Waals surface area contributed by atoms with Crippen LogP contribution in [0.5, 0.6) is 0 Å². The van der Waals surface area contributed by atoms with E-state index in [9.17, 15) is 0 Å². The molecule has 4 nitrogen and oxygen atoms in total. The summed E-state index contributed by atoms with van der Waals surface area (Å²) in [5.74, 6) is -1.07. The number of carbonyl (C=O) groups is 4. The lowest BCUT2D eigenvalue weighted by molar-refractivity contribution is 0.102. The van der Waals surface area contributed by atoms with Crippen LogP contribution in [0.25, 0.3) is 55.6 Å². The molecule has 1 aliphatic rings. The first-order chi connectivity index (χ1) is 39.8. The van der Waals surface area contributed by atoms with Crippen molar-refractivity contribution in [1.82, 2.24) is 0 Å². The molecule has 12 aromatic rings. The highest BCUT2D eigenvalue weighted by molar-refractivity contribution is 6.15. The van der Waals surface area contributed by atoms with E-state index in [0.717, 1.165) is 66.8 Å². The third-order valence-corrected chi connectivity index (χ3v) is 15.7. The summed E-state index contributed by atoms with van der Waals surface area (Å²) in [6, 6.07) is 97.7. The van der Waals surface area contributed by atoms with Gasteiger partial charge in [0.05, 0.1) is 5.41 Å². The van der Waals surface area contributed by atoms with Gasteiger partial charge >= 0.3 is 0 Å². The Hall–Kier alpha value is -10.7. The van der Waals surface area contributed by atoms with Gasteiger partial charge in [-0.1, -0.05) is 267 Å². The highest BCUT2D eigenvalue weighted by Crippen LogP contribution is 2.57. The molecule has 12 aromatic carbocycles. The number of hydrogen-bond acceptors (Lipinski definition) is 4. The summed E-state index contributed by atoms with van der Waals surface area (Å²) in [4.78, 5) is 61.3. The summed E-state index contributed by atoms with van der Waals surface area (Å²) < 4.78 is 0. The van der Waals surface area contributed by atoms with Crippen LogP contribution in [0.1, 0.15) is 85.9 Å². The van der Waals surface area contributed by atoms with E-state index in [1.165, 1.54) is 0 Å². The predicted molar refractivity (Wildman–Crippen MR) is 325 cm³/mol. The molecule has 382 valence electrons. The van der Waals surface area contributed by atoms with Gasteiger partial charge in [0.25, 0.3) is 0 Å². The second-order valence-corrected chi connectivity index (χ2v) is 20.5. The fourth-order valence-corrected chi connectivity index (χ4v) is 11.7. The predicted octanol–water partition coefficient (Wildman–Crippen LogP) is 17.6. The maximum Gasteiger partial charge on any atom is 0.193 e. The molecule has 0 radical (unpaired) electrons. The largest absolute Gasteiger partial charge is 0.289 e. The van der Waals surface area contributed by atoms with Crippen LogP contribution < -0.4 is 0 Å². The quantitative estimate of drug-likeness (QED) is 0.102. The van der Waals surface area contributed by atoms with Gasteiger partial charge in [-0.15, -0.1) is 0 Å². The van der Waals surface area contributed by atoms with Gasteiger partial charge in [-0.25, -0.2) is 0 Å². The highest BCUT2D eigenvalue weighted by Gasteiger charge is 2.47. The Morgan fingerprint density at radius 2 is 0.407 bits per heavy atom. The van der Waals surface area contributed by atoms with Crippen LogP contribution in [-0.4, -0.2) is 23.1 Å². The number of fused-ring (bicyclic) bond motifs is 3. The van der Waals surface area contributed by atoms with Gasteiger partial charge in [0.1, 0.15) is 0 Å². The number of ketones is 4. The SMILES string of the molecule is O=C(c1ccc(-c2ccccc2)cc1)c1cc(C(=O)c2ccc(-c3ccccc3)cc2)cc(C2(c3cc(C(=O)c4ccc(-c5ccccc5)cc4)cc(C(=O)c4ccc(-c5ccccc5)cc4)c3)c3ccccc3-c3ccccc32)c1. The van der Waals surface area contributed by atoms with Crippen LogP contribution in [0, 0.1) is 0 Å². The molecule has 0 heterocycles. The Labute approximate surface area is 471 Å². The van der Waals surface area contributed by atoms with E-state index in [4.69, 9.17) is 0 Å². The summed E-state index contributed by atoms with van der Waals surface area (Å²) in [6.07, 6.45) is 0. The van der Waals surface area contributed by atoms with Gasteiger partial charge in [-0.3, -0.25) is 19.2 Å². The van der Waals surface area contributed by atoms with Crippen molar-refractivity contribution < 1.29 is 19.2 Å². The molecule has 81 heavy (non-hydrogen) atoms. The number of rotatable bonds is 14. The molecule has 0 unspecified atom stereocenters. The fraction of sp³-hybridized carbons (Fsp3) is 0.0130. The Kier molecular flexibility index (Phi) is 13.1. The van der Waals surface area contributed by atoms with E-state index in [2.05, 4.69) is 24.3 Å². The third kappa shape index (κ3) is 9.35. The Morgan fingerprint density at radius 1 is 0.198 bits per heavy atom. The Balaban J connectivity index is 1.03. The lowest BCUT2D eigenvalue weighted by atomic mass is 9.66. The van der Waals surface area contributed by atoms with E-state index in [1.54, 1.807) is 12.1 Å². The van der Waals surface area contributed by atoms with E-state index in [-0.39, 0.29) is 23.1 Å². The first-order valence-electron chi connectivity index (χ1n) is 27.1. The van der Waals surface area contributed by atoms with Crippen molar-refractivity contribution >= 4 is 23.1 Å². The van der Waals surface area contributed by atoms with Crippen LogP contribution >= 0.6 is 0 Å². The molecular formula is C77H50O4. The van der Waals surface area contributed by atoms with E-state index in [0.29, 0.717) is 55.6 Å². The van der Waals surface area contributed by atoms with Crippen molar-refractivity contribution in [3.63, 3.8) is 0 Å². The normalized spacial score (nSPS) is 12.0. The van der Waals surface area contributed by atoms with Gasteiger partial charge in [0.2, 0.25) is 0 Å². The molecule has 0 saturated carbocycles. The molecule has 0 aromatic heterocycles. The van der Waals surface area contributed by atoms with Crippen LogP contribution in [0.3, 0.4) is 0 Å². The molecule has 0 N–H and O–H groups in total. The van der Waals surface area contributed by atoms with E-state index < -0.39 is 5.41 Å². The summed E-state index contributed by atoms with van der Waals surface area (Å²) >= 11 is 0. The first kappa shape index (κ1) is 49.9. The zero-order chi connectivity index (χ0) is 54.9. The lowest BCUT2D eigenvalue weighted by Gasteiger charge is -2.35. The van der Waals surface area contributed by atoms with Crippen LogP contribution in [0.4, 0.5) is 0 Å². The minimum absolute atomic E-state index is 0.266. The van der Waals surface area contributed by atoms with Gasteiger partial charge in [0.15, 0.2) is 23.1 Å². The third-order valence-electron chi connectivity index (χ3n) is 15.7. The van der Waals surface area contributed by atoms with Crippen molar-refractivity contribution in [2.75, 3.05) is 0 Å². The summed E-state index contributed by atoms with van der Waals surface area (Å²) in [7, 11) is 0. The number of hydrogen-bond donors (Lipinski definition) is 0. The highest BCUT2D eigenvalue weighted by atomic mass is 16.1. The standard InChI is InChI=1S/C77H50O4/c78-73(59-37-29-55(30-38-59)51-17-5-1-6-18-51)63-45-64(74(79)60-39-31-56(32-40-60)52-19-7-2-8-20-52)48-67(47-63)77(71-27-15-13-25-69(71)70-26-14-16-28-72(70)77)68-49-65(75(80)61-41-33-57(34-42-61)53-21-9-3-10-22-53)46-66(50-68)76(81)62-43-35-58(36-44-62)54-23-11-4-12-24-54/h1-50H. The van der Waals surface area contributed by atoms with Crippen molar-refractivity contribution in [3.05, 3.63) is 370 Å². The van der Waals surface area contributed by atoms with Crippen LogP contribution in [0.2, 0.25) is 0 Å². The molecule has 0 fully saturated rings. The fourth-order valence-electron chi connectivity index (χ4n) is 11.7. The summed E-state index contributed by atoms with van der Waals surface area (Å²) in [5.41, 5.74) is 14.6. The Bertz CT molecular complexity index is 3830. The van der Waals surface area contributed by atoms with Gasteiger partial charge in [0, 0.05) is 44.5 Å². The maximum absolute atomic E-state index is 15.3. The molecule has 0 spiro atoms. The second kappa shape index (κ2) is 21.3. The average molecular weight is 1040 g/mol. The zero-order valence-electron chi connectivity index (χ0n) is 44.0. The van der Waals surface area contributed by atoms with Gasteiger partial charge < -0.3 is 0 Å². The summed E-state index contributed by atoms with van der Waals surface area (Å²) in [6.45, 7) is 0. The van der Waals surface area contributed by atoms with Gasteiger partial charge in [-0.2, -0.15) is 0 Å². The Morgan fingerprint density at radius 3 is 0.654 bits per heavy atom. The molecule has 0 amide bonds. The van der Waals surface area contributed by atoms with Crippen LogP contribution in [-0.2, 0) is 5.41 Å². The molecular weight excluding hydrogens is 989 g/mol. The van der Waals surface area contributed by atoms with Gasteiger partial charge in [-0.05, 0) is 114 Å². The minimum Gasteiger partial charge on any atom is -0.289 e. The molecule has 0 bridgehead atoms. The van der Waals surface area contributed by atoms with Crippen LogP contribution in [0.15, 0.2) is 303 Å². The van der Waals surface area contributed by atoms with Crippen molar-refractivity contribution in [2.45, 2.75) is 5.41 Å². The molecule has 0 saturated heterocycles. The topological polar surface area (TPSA) is 68.3 Å². The lowest BCUT2D eigenvalue weighted by Crippen LogP contribution is -2.30. The molecule has 0 atom stereocenters. The first-order valence-corrected chi connectivity index (χ1v) is 27.1. The number of carbonyl (C=O) groups excluding carboxylic acids is 4. The van der Waals surface area contributed by atoms with E-state index >= 15 is 19.2 Å². The smallest absolute Gasteiger partial charge is 0.193 e. The summed E-state index contributed by atoms with van der Waals surface area (Å²) in [5, 5.41) is 0. The monoisotopic (exact) mass is 1040 g/mol. The molecule has 1 aliphatic carbocycles. The molecule has 0 aliphatic heterocycles. The number of benzene rings is 12. The molecule has 13 rings (SSSR count). The van der Waals surface area contributed by atoms with Crippen molar-refractivity contribution in [1.29, 1.82) is 0 Å². The maximum atomic E-state index is 15.3. The molecule has 4 heteroatoms. The average Bonchev–Trinajstić information content (AvgIpc) is 2.87. The van der Waals surface area contributed by atoms with Crippen molar-refractivity contribution in [2.24, 2.45) is 0 Å². The zero-order valence-corrected chi connectivity index (χ0v) is 44.0. The second-order valence-electron chi connectivity index (χ2n) is 20.5. The van der Waals surface area contributed by atoms with Crippen molar-refractivity contribution in [3.8, 4) is 55.6 Å². The minimum atomic E-state index is -1.29.